The fraction of sp³-hybridized carbons (Fsp3) is 0.519. The second-order valence-corrected chi connectivity index (χ2v) is 11.0. The maximum atomic E-state index is 14.3. The van der Waals surface area contributed by atoms with Crippen molar-refractivity contribution in [2.45, 2.75) is 75.7 Å². The number of fused-ring (bicyclic) bond motifs is 1. The third-order valence-corrected chi connectivity index (χ3v) is 8.19. The predicted octanol–water partition coefficient (Wildman–Crippen LogP) is 4.68. The van der Waals surface area contributed by atoms with Gasteiger partial charge in [0.05, 0.1) is 34.2 Å². The van der Waals surface area contributed by atoms with Crippen LogP contribution in [0.25, 0.3) is 5.65 Å². The van der Waals surface area contributed by atoms with Gasteiger partial charge in [-0.2, -0.15) is 20.0 Å². The van der Waals surface area contributed by atoms with Gasteiger partial charge < -0.3 is 20.9 Å². The van der Waals surface area contributed by atoms with E-state index >= 15 is 0 Å². The first-order valence-electron chi connectivity index (χ1n) is 13.6. The molecule has 2 aliphatic carbocycles. The summed E-state index contributed by atoms with van der Waals surface area (Å²) in [7, 11) is 0. The molecule has 12 heteroatoms. The van der Waals surface area contributed by atoms with Crippen LogP contribution < -0.4 is 20.9 Å². The van der Waals surface area contributed by atoms with Crippen LogP contribution in [0, 0.1) is 22.7 Å². The summed E-state index contributed by atoms with van der Waals surface area (Å²) in [5.41, 5.74) is 2.48. The first-order valence-corrected chi connectivity index (χ1v) is 14.0. The van der Waals surface area contributed by atoms with Gasteiger partial charge in [-0.3, -0.25) is 0 Å². The van der Waals surface area contributed by atoms with Gasteiger partial charge in [-0.15, -0.1) is 5.10 Å². The number of nitriles is 2. The first kappa shape index (κ1) is 25.6. The highest BCUT2D eigenvalue weighted by Crippen LogP contribution is 2.37. The second kappa shape index (κ2) is 10.8. The first-order chi connectivity index (χ1) is 19.0. The molecular weight excluding hydrogens is 519 g/mol. The highest BCUT2D eigenvalue weighted by molar-refractivity contribution is 6.36. The Morgan fingerprint density at radius 1 is 1.00 bits per heavy atom. The molecule has 1 aliphatic heterocycles. The SMILES string of the molecule is N#Cc1cc(Nc2nc(NC3CC3)c3ncc(C#N)n3n2)c(Cl)c(N2CCC(N[C@@H]3CCCC[C@@H]3F)CC2)c1. The standard InChI is InChI=1S/C27H30ClFN10/c28-24-22(35-27-36-25(34-17-5-6-17)26-32-15-19(14-31)39(26)37-27)11-16(13-30)12-23(24)38-9-7-18(8-10-38)33-21-4-2-1-3-20(21)29/h11-12,15,17-18,20-21,33H,1-10H2,(H2,34,35,36,37)/t20-,21+/m0/s1. The molecule has 0 unspecified atom stereocenters. The largest absolute Gasteiger partial charge is 0.370 e. The van der Waals surface area contributed by atoms with Crippen LogP contribution in [-0.2, 0) is 0 Å². The Bertz CT molecular complexity index is 1450. The summed E-state index contributed by atoms with van der Waals surface area (Å²) >= 11 is 6.90. The summed E-state index contributed by atoms with van der Waals surface area (Å²) in [5, 5.41) is 34.3. The molecule has 0 spiro atoms. The Morgan fingerprint density at radius 2 is 1.79 bits per heavy atom. The number of alkyl halides is 1. The van der Waals surface area contributed by atoms with Gasteiger partial charge in [0.2, 0.25) is 5.95 Å². The van der Waals surface area contributed by atoms with Gasteiger partial charge in [-0.25, -0.2) is 9.37 Å². The van der Waals surface area contributed by atoms with Crippen LogP contribution in [0.3, 0.4) is 0 Å². The van der Waals surface area contributed by atoms with Gasteiger partial charge in [-0.1, -0.05) is 24.4 Å². The predicted molar refractivity (Wildman–Crippen MR) is 147 cm³/mol. The molecule has 3 fully saturated rings. The number of nitrogens with zero attached hydrogens (tertiary/aromatic N) is 7. The highest BCUT2D eigenvalue weighted by Gasteiger charge is 2.30. The maximum absolute atomic E-state index is 14.3. The number of hydrogen-bond donors (Lipinski definition) is 3. The Hall–Kier alpha value is -3.67. The second-order valence-electron chi connectivity index (χ2n) is 10.6. The van der Waals surface area contributed by atoms with Gasteiger partial charge in [0.25, 0.3) is 0 Å². The lowest BCUT2D eigenvalue weighted by molar-refractivity contribution is 0.172. The maximum Gasteiger partial charge on any atom is 0.247 e. The van der Waals surface area contributed by atoms with Crippen LogP contribution in [0.15, 0.2) is 18.3 Å². The molecule has 202 valence electrons. The van der Waals surface area contributed by atoms with Crippen molar-refractivity contribution in [3.8, 4) is 12.1 Å². The average molecular weight is 549 g/mol. The van der Waals surface area contributed by atoms with E-state index in [2.05, 4.69) is 48.1 Å². The Morgan fingerprint density at radius 3 is 2.51 bits per heavy atom. The van der Waals surface area contributed by atoms with Gasteiger partial charge >= 0.3 is 0 Å². The molecule has 3 aromatic rings. The normalized spacial score (nSPS) is 21.9. The quantitative estimate of drug-likeness (QED) is 0.385. The zero-order valence-corrected chi connectivity index (χ0v) is 22.3. The molecule has 1 saturated heterocycles. The van der Waals surface area contributed by atoms with Crippen molar-refractivity contribution in [3.05, 3.63) is 34.6 Å². The molecule has 3 N–H and O–H groups in total. The lowest BCUT2D eigenvalue weighted by atomic mass is 9.92. The minimum atomic E-state index is -0.764. The van der Waals surface area contributed by atoms with E-state index in [4.69, 9.17) is 11.6 Å². The minimum absolute atomic E-state index is 0.0507. The summed E-state index contributed by atoms with van der Waals surface area (Å²) in [6.45, 7) is 1.49. The van der Waals surface area contributed by atoms with Crippen LogP contribution in [0.1, 0.15) is 62.6 Å². The smallest absolute Gasteiger partial charge is 0.247 e. The van der Waals surface area contributed by atoms with E-state index in [0.29, 0.717) is 40.2 Å². The van der Waals surface area contributed by atoms with Gasteiger partial charge in [0.1, 0.15) is 12.2 Å². The van der Waals surface area contributed by atoms with E-state index < -0.39 is 6.17 Å². The van der Waals surface area contributed by atoms with E-state index in [1.807, 2.05) is 0 Å². The van der Waals surface area contributed by atoms with Crippen molar-refractivity contribution in [1.82, 2.24) is 24.9 Å². The van der Waals surface area contributed by atoms with Crippen molar-refractivity contribution < 1.29 is 4.39 Å². The fourth-order valence-electron chi connectivity index (χ4n) is 5.51. The van der Waals surface area contributed by atoms with Crippen LogP contribution >= 0.6 is 11.6 Å². The zero-order valence-electron chi connectivity index (χ0n) is 21.5. The van der Waals surface area contributed by atoms with Crippen molar-refractivity contribution in [3.63, 3.8) is 0 Å². The fourth-order valence-corrected chi connectivity index (χ4v) is 5.78. The van der Waals surface area contributed by atoms with Crippen LogP contribution in [-0.4, -0.2) is 57.0 Å². The monoisotopic (exact) mass is 548 g/mol. The molecule has 2 atom stereocenters. The number of rotatable bonds is 7. The molecule has 1 aromatic carbocycles. The van der Waals surface area contributed by atoms with Crippen LogP contribution in [0.2, 0.25) is 5.02 Å². The zero-order chi connectivity index (χ0) is 26.9. The number of aromatic nitrogens is 4. The van der Waals surface area contributed by atoms with Crippen molar-refractivity contribution in [2.75, 3.05) is 28.6 Å². The van der Waals surface area contributed by atoms with Gasteiger partial charge in [0, 0.05) is 31.2 Å². The molecule has 3 heterocycles. The Kier molecular flexibility index (Phi) is 7.11. The van der Waals surface area contributed by atoms with E-state index in [1.54, 1.807) is 12.1 Å². The van der Waals surface area contributed by atoms with E-state index in [9.17, 15) is 14.9 Å². The average Bonchev–Trinajstić information content (AvgIpc) is 3.67. The van der Waals surface area contributed by atoms with Crippen LogP contribution in [0.5, 0.6) is 0 Å². The summed E-state index contributed by atoms with van der Waals surface area (Å²) in [4.78, 5) is 11.1. The van der Waals surface area contributed by atoms with Crippen molar-refractivity contribution >= 4 is 40.4 Å². The number of nitrogens with one attached hydrogen (secondary N) is 3. The Balaban J connectivity index is 1.23. The molecule has 0 bridgehead atoms. The number of piperidine rings is 1. The van der Waals surface area contributed by atoms with Crippen molar-refractivity contribution in [2.24, 2.45) is 0 Å². The molecule has 0 amide bonds. The molecule has 2 saturated carbocycles. The van der Waals surface area contributed by atoms with E-state index in [0.717, 1.165) is 63.7 Å². The molecule has 3 aliphatic rings. The molecule has 0 radical (unpaired) electrons. The number of anilines is 4. The minimum Gasteiger partial charge on any atom is -0.370 e. The van der Waals surface area contributed by atoms with Crippen LogP contribution in [0.4, 0.5) is 27.5 Å². The lowest BCUT2D eigenvalue weighted by Gasteiger charge is -2.38. The third kappa shape index (κ3) is 5.42. The van der Waals surface area contributed by atoms with E-state index in [-0.39, 0.29) is 23.7 Å². The molecule has 10 nitrogen and oxygen atoms in total. The highest BCUT2D eigenvalue weighted by atomic mass is 35.5. The number of halogens is 2. The number of hydrogen-bond acceptors (Lipinski definition) is 9. The molecule has 39 heavy (non-hydrogen) atoms. The summed E-state index contributed by atoms with van der Waals surface area (Å²) < 4.78 is 15.8. The number of benzene rings is 1. The molecular formula is C27H30ClFN10. The summed E-state index contributed by atoms with van der Waals surface area (Å²) in [6.07, 6.45) is 8.13. The van der Waals surface area contributed by atoms with Gasteiger partial charge in [0.15, 0.2) is 17.2 Å². The third-order valence-electron chi connectivity index (χ3n) is 7.79. The molecule has 6 rings (SSSR count). The Labute approximate surface area is 231 Å². The van der Waals surface area contributed by atoms with E-state index in [1.165, 1.54) is 10.7 Å². The van der Waals surface area contributed by atoms with Crippen molar-refractivity contribution in [1.29, 1.82) is 10.5 Å². The molecule has 2 aromatic heterocycles. The lowest BCUT2D eigenvalue weighted by Crippen LogP contribution is -2.50. The topological polar surface area (TPSA) is 130 Å². The van der Waals surface area contributed by atoms with Gasteiger partial charge in [-0.05, 0) is 50.7 Å². The summed E-state index contributed by atoms with van der Waals surface area (Å²) in [6, 6.07) is 8.34. The number of imidazole rings is 1. The summed E-state index contributed by atoms with van der Waals surface area (Å²) in [5.74, 6) is 0.770.